The molecule has 0 aliphatic carbocycles. The minimum atomic E-state index is -0.963. The fourth-order valence-corrected chi connectivity index (χ4v) is 1.19. The zero-order valence-corrected chi connectivity index (χ0v) is 11.3. The van der Waals surface area contributed by atoms with E-state index >= 15 is 0 Å². The van der Waals surface area contributed by atoms with Crippen molar-refractivity contribution in [2.75, 3.05) is 5.73 Å². The Hall–Kier alpha value is -2.31. The SMILES string of the molecule is Cc1cc(N)cnc1OC(=O)NC(=O)OC(C)(C)C. The van der Waals surface area contributed by atoms with Gasteiger partial charge in [0.05, 0.1) is 11.9 Å². The van der Waals surface area contributed by atoms with E-state index in [4.69, 9.17) is 15.2 Å². The molecule has 3 N–H and O–H groups in total. The molecule has 104 valence electrons. The topological polar surface area (TPSA) is 104 Å². The van der Waals surface area contributed by atoms with Crippen molar-refractivity contribution in [1.29, 1.82) is 0 Å². The molecule has 0 saturated heterocycles. The number of amides is 2. The van der Waals surface area contributed by atoms with Crippen molar-refractivity contribution in [1.82, 2.24) is 10.3 Å². The molecule has 0 aromatic carbocycles. The first-order valence-electron chi connectivity index (χ1n) is 5.61. The van der Waals surface area contributed by atoms with Gasteiger partial charge in [-0.2, -0.15) is 0 Å². The number of hydrogen-bond donors (Lipinski definition) is 2. The Balaban J connectivity index is 2.58. The first-order valence-corrected chi connectivity index (χ1v) is 5.61. The Morgan fingerprint density at radius 1 is 1.32 bits per heavy atom. The molecule has 0 saturated carbocycles. The number of imide groups is 1. The number of alkyl carbamates (subject to hydrolysis) is 1. The second kappa shape index (κ2) is 5.55. The van der Waals surface area contributed by atoms with Crippen LogP contribution in [0.15, 0.2) is 12.3 Å². The summed E-state index contributed by atoms with van der Waals surface area (Å²) >= 11 is 0. The number of carbonyl (C=O) groups excluding carboxylic acids is 2. The van der Waals surface area contributed by atoms with Crippen molar-refractivity contribution in [3.63, 3.8) is 0 Å². The van der Waals surface area contributed by atoms with Crippen molar-refractivity contribution >= 4 is 17.9 Å². The summed E-state index contributed by atoms with van der Waals surface area (Å²) in [6, 6.07) is 1.60. The Morgan fingerprint density at radius 2 is 1.95 bits per heavy atom. The van der Waals surface area contributed by atoms with Crippen LogP contribution in [0.25, 0.3) is 0 Å². The van der Waals surface area contributed by atoms with Gasteiger partial charge in [0.25, 0.3) is 0 Å². The van der Waals surface area contributed by atoms with Gasteiger partial charge in [0.1, 0.15) is 5.60 Å². The molecule has 0 aliphatic heterocycles. The number of rotatable bonds is 1. The molecule has 0 atom stereocenters. The van der Waals surface area contributed by atoms with Gasteiger partial charge in [-0.1, -0.05) is 0 Å². The van der Waals surface area contributed by atoms with Crippen molar-refractivity contribution in [3.8, 4) is 5.88 Å². The second-order valence-corrected chi connectivity index (χ2v) is 4.91. The van der Waals surface area contributed by atoms with Gasteiger partial charge in [-0.3, -0.25) is 0 Å². The zero-order chi connectivity index (χ0) is 14.6. The summed E-state index contributed by atoms with van der Waals surface area (Å²) in [4.78, 5) is 26.6. The number of pyridine rings is 1. The summed E-state index contributed by atoms with van der Waals surface area (Å²) < 4.78 is 9.77. The number of hydrogen-bond acceptors (Lipinski definition) is 6. The molecule has 0 aliphatic rings. The molecule has 0 fully saturated rings. The van der Waals surface area contributed by atoms with E-state index in [9.17, 15) is 9.59 Å². The number of nitrogens with zero attached hydrogens (tertiary/aromatic N) is 1. The molecule has 0 radical (unpaired) electrons. The summed E-state index contributed by atoms with van der Waals surface area (Å²) in [6.45, 7) is 6.73. The van der Waals surface area contributed by atoms with Gasteiger partial charge < -0.3 is 15.2 Å². The van der Waals surface area contributed by atoms with Crippen LogP contribution < -0.4 is 15.8 Å². The van der Waals surface area contributed by atoms with Crippen LogP contribution >= 0.6 is 0 Å². The number of anilines is 1. The number of aromatic nitrogens is 1. The van der Waals surface area contributed by atoms with Gasteiger partial charge in [-0.15, -0.1) is 0 Å². The van der Waals surface area contributed by atoms with Crippen LogP contribution in [-0.4, -0.2) is 22.8 Å². The molecule has 2 amide bonds. The molecule has 1 rings (SSSR count). The van der Waals surface area contributed by atoms with Crippen LogP contribution in [-0.2, 0) is 4.74 Å². The van der Waals surface area contributed by atoms with Crippen molar-refractivity contribution < 1.29 is 19.1 Å². The molecular weight excluding hydrogens is 250 g/mol. The third-order valence-corrected chi connectivity index (χ3v) is 1.84. The predicted molar refractivity (Wildman–Crippen MR) is 68.8 cm³/mol. The van der Waals surface area contributed by atoms with Crippen LogP contribution in [0.3, 0.4) is 0 Å². The highest BCUT2D eigenvalue weighted by Crippen LogP contribution is 2.16. The third-order valence-electron chi connectivity index (χ3n) is 1.84. The minimum Gasteiger partial charge on any atom is -0.443 e. The van der Waals surface area contributed by atoms with Crippen LogP contribution in [0.1, 0.15) is 26.3 Å². The van der Waals surface area contributed by atoms with Gasteiger partial charge in [0.2, 0.25) is 5.88 Å². The fraction of sp³-hybridized carbons (Fsp3) is 0.417. The summed E-state index contributed by atoms with van der Waals surface area (Å²) in [6.07, 6.45) is -0.497. The standard InChI is InChI=1S/C12H17N3O4/c1-7-5-8(13)6-14-9(7)18-10(16)15-11(17)19-12(2,3)4/h5-6H,13H2,1-4H3,(H,15,16,17). The normalized spacial score (nSPS) is 10.7. The molecule has 0 spiro atoms. The minimum absolute atomic E-state index is 0.0789. The maximum absolute atomic E-state index is 11.4. The maximum Gasteiger partial charge on any atom is 0.423 e. The van der Waals surface area contributed by atoms with Crippen LogP contribution in [0.4, 0.5) is 15.3 Å². The predicted octanol–water partition coefficient (Wildman–Crippen LogP) is 2.00. The summed E-state index contributed by atoms with van der Waals surface area (Å²) in [5.74, 6) is 0.0789. The highest BCUT2D eigenvalue weighted by atomic mass is 16.6. The average molecular weight is 267 g/mol. The first kappa shape index (κ1) is 14.7. The lowest BCUT2D eigenvalue weighted by Gasteiger charge is -2.19. The lowest BCUT2D eigenvalue weighted by Crippen LogP contribution is -2.38. The molecular formula is C12H17N3O4. The molecule has 1 heterocycles. The Bertz CT molecular complexity index is 494. The van der Waals surface area contributed by atoms with E-state index in [0.717, 1.165) is 0 Å². The van der Waals surface area contributed by atoms with E-state index in [1.165, 1.54) is 6.20 Å². The molecule has 7 nitrogen and oxygen atoms in total. The highest BCUT2D eigenvalue weighted by molar-refractivity contribution is 5.88. The summed E-state index contributed by atoms with van der Waals surface area (Å²) in [5.41, 5.74) is 5.86. The van der Waals surface area contributed by atoms with E-state index in [-0.39, 0.29) is 5.88 Å². The van der Waals surface area contributed by atoms with Gasteiger partial charge in [-0.05, 0) is 33.8 Å². The van der Waals surface area contributed by atoms with Crippen molar-refractivity contribution in [2.24, 2.45) is 0 Å². The van der Waals surface area contributed by atoms with E-state index in [2.05, 4.69) is 4.98 Å². The second-order valence-electron chi connectivity index (χ2n) is 4.91. The van der Waals surface area contributed by atoms with Crippen LogP contribution in [0.2, 0.25) is 0 Å². The summed E-state index contributed by atoms with van der Waals surface area (Å²) in [5, 5.41) is 1.93. The Kier molecular flexibility index (Phi) is 4.31. The highest BCUT2D eigenvalue weighted by Gasteiger charge is 2.19. The van der Waals surface area contributed by atoms with Gasteiger partial charge >= 0.3 is 12.2 Å². The van der Waals surface area contributed by atoms with Gasteiger partial charge in [0, 0.05) is 5.56 Å². The van der Waals surface area contributed by atoms with Crippen molar-refractivity contribution in [3.05, 3.63) is 17.8 Å². The van der Waals surface area contributed by atoms with Crippen LogP contribution in [0.5, 0.6) is 5.88 Å². The van der Waals surface area contributed by atoms with E-state index in [0.29, 0.717) is 11.3 Å². The van der Waals surface area contributed by atoms with Gasteiger partial charge in [-0.25, -0.2) is 19.9 Å². The number of ether oxygens (including phenoxy) is 2. The lowest BCUT2D eigenvalue weighted by atomic mass is 10.2. The number of nitrogens with two attached hydrogens (primary N) is 1. The quantitative estimate of drug-likeness (QED) is 0.806. The van der Waals surface area contributed by atoms with E-state index in [1.807, 2.05) is 5.32 Å². The number of aryl methyl sites for hydroxylation is 1. The fourth-order valence-electron chi connectivity index (χ4n) is 1.19. The maximum atomic E-state index is 11.4. The molecule has 0 bridgehead atoms. The van der Waals surface area contributed by atoms with Gasteiger partial charge in [0.15, 0.2) is 0 Å². The van der Waals surface area contributed by atoms with Crippen molar-refractivity contribution in [2.45, 2.75) is 33.3 Å². The largest absolute Gasteiger partial charge is 0.443 e. The number of nitrogen functional groups attached to an aromatic ring is 1. The smallest absolute Gasteiger partial charge is 0.423 e. The lowest BCUT2D eigenvalue weighted by molar-refractivity contribution is 0.0533. The summed E-state index contributed by atoms with van der Waals surface area (Å²) in [7, 11) is 0. The molecule has 1 aromatic rings. The molecule has 0 unspecified atom stereocenters. The third kappa shape index (κ3) is 5.24. The Labute approximate surface area is 111 Å². The Morgan fingerprint density at radius 3 is 2.47 bits per heavy atom. The number of nitrogens with one attached hydrogen (secondary N) is 1. The molecule has 7 heteroatoms. The first-order chi connectivity index (χ1) is 8.67. The molecule has 1 aromatic heterocycles. The number of carbonyl (C=O) groups is 2. The van der Waals surface area contributed by atoms with E-state index < -0.39 is 17.8 Å². The molecule has 19 heavy (non-hydrogen) atoms. The monoisotopic (exact) mass is 267 g/mol. The zero-order valence-electron chi connectivity index (χ0n) is 11.3. The van der Waals surface area contributed by atoms with Crippen LogP contribution in [0, 0.1) is 6.92 Å². The van der Waals surface area contributed by atoms with E-state index in [1.54, 1.807) is 33.8 Å². The average Bonchev–Trinajstić information content (AvgIpc) is 2.19.